The maximum absolute atomic E-state index is 4.88. The molecule has 0 aliphatic carbocycles. The molecule has 0 amide bonds. The van der Waals surface area contributed by atoms with Crippen LogP contribution in [0.5, 0.6) is 0 Å². The molecule has 0 fully saturated rings. The Labute approximate surface area is 76.7 Å². The second-order valence-electron chi connectivity index (χ2n) is 2.02. The van der Waals surface area contributed by atoms with Crippen molar-refractivity contribution in [1.82, 2.24) is 10.8 Å². The molecule has 0 saturated heterocycles. The normalized spacial score (nSPS) is 9.00. The first-order valence-electron chi connectivity index (χ1n) is 3.48. The zero-order valence-corrected chi connectivity index (χ0v) is 7.25. The summed E-state index contributed by atoms with van der Waals surface area (Å²) >= 11 is 4.52. The molecule has 12 heavy (non-hydrogen) atoms. The highest BCUT2D eigenvalue weighted by molar-refractivity contribution is 7.78. The van der Waals surface area contributed by atoms with Crippen molar-refractivity contribution in [3.8, 4) is 0 Å². The lowest BCUT2D eigenvalue weighted by Crippen LogP contribution is -2.16. The molecule has 0 atom stereocenters. The van der Waals surface area contributed by atoms with E-state index in [1.165, 1.54) is 5.49 Å². The van der Waals surface area contributed by atoms with Crippen LogP contribution in [0.1, 0.15) is 0 Å². The molecule has 0 unspecified atom stereocenters. The van der Waals surface area contributed by atoms with Crippen LogP contribution in [-0.4, -0.2) is 12.2 Å². The molecule has 0 saturated carbocycles. The van der Waals surface area contributed by atoms with Crippen LogP contribution < -0.4 is 10.8 Å². The molecule has 0 heterocycles. The number of rotatable bonds is 5. The van der Waals surface area contributed by atoms with Gasteiger partial charge in [0.05, 0.1) is 11.2 Å². The molecule has 1 aromatic carbocycles. The number of thiocarbonyl (C=S) groups is 1. The van der Waals surface area contributed by atoms with Gasteiger partial charge in [0, 0.05) is 0 Å². The standard InChI is InChI=1S/C8H9N2OS/c12-7-9-6-11-10-8-4-2-1-3-5-8/h1-5,7H,6H2,(H,9,12). The Balaban J connectivity index is 2.20. The van der Waals surface area contributed by atoms with Crippen LogP contribution in [0, 0.1) is 0 Å². The molecular weight excluding hydrogens is 172 g/mol. The quantitative estimate of drug-likeness (QED) is 0.322. The fraction of sp³-hybridized carbons (Fsp3) is 0.125. The van der Waals surface area contributed by atoms with Crippen molar-refractivity contribution in [2.45, 2.75) is 0 Å². The van der Waals surface area contributed by atoms with Crippen LogP contribution in [0.25, 0.3) is 0 Å². The van der Waals surface area contributed by atoms with Crippen LogP contribution in [0.15, 0.2) is 30.3 Å². The fourth-order valence-corrected chi connectivity index (χ4v) is 0.735. The van der Waals surface area contributed by atoms with Crippen LogP contribution in [0.2, 0.25) is 0 Å². The van der Waals surface area contributed by atoms with Crippen LogP contribution in [0.4, 0.5) is 5.69 Å². The Kier molecular flexibility index (Phi) is 4.12. The molecule has 0 aliphatic heterocycles. The van der Waals surface area contributed by atoms with Crippen molar-refractivity contribution in [2.75, 3.05) is 6.73 Å². The van der Waals surface area contributed by atoms with E-state index in [9.17, 15) is 0 Å². The van der Waals surface area contributed by atoms with Gasteiger partial charge in [0.25, 0.3) is 0 Å². The van der Waals surface area contributed by atoms with E-state index in [-0.39, 0.29) is 0 Å². The van der Waals surface area contributed by atoms with E-state index in [0.29, 0.717) is 6.73 Å². The summed E-state index contributed by atoms with van der Waals surface area (Å²) in [7, 11) is 0. The van der Waals surface area contributed by atoms with Gasteiger partial charge in [-0.1, -0.05) is 30.4 Å². The van der Waals surface area contributed by atoms with Crippen molar-refractivity contribution in [1.29, 1.82) is 0 Å². The first kappa shape index (κ1) is 8.96. The monoisotopic (exact) mass is 181 g/mol. The lowest BCUT2D eigenvalue weighted by Gasteiger charge is -2.01. The minimum atomic E-state index is 0.304. The minimum Gasteiger partial charge on any atom is -0.358 e. The van der Waals surface area contributed by atoms with Gasteiger partial charge in [0.1, 0.15) is 6.73 Å². The predicted octanol–water partition coefficient (Wildman–Crippen LogP) is 1.36. The molecule has 4 heteroatoms. The van der Waals surface area contributed by atoms with E-state index in [1.54, 1.807) is 0 Å². The van der Waals surface area contributed by atoms with Gasteiger partial charge in [0.2, 0.25) is 0 Å². The lowest BCUT2D eigenvalue weighted by atomic mass is 10.3. The van der Waals surface area contributed by atoms with E-state index in [0.717, 1.165) is 5.69 Å². The minimum absolute atomic E-state index is 0.304. The summed E-state index contributed by atoms with van der Waals surface area (Å²) in [6.45, 7) is 0.304. The largest absolute Gasteiger partial charge is 0.358 e. The third-order valence-corrected chi connectivity index (χ3v) is 1.32. The zero-order chi connectivity index (χ0) is 8.65. The molecule has 3 nitrogen and oxygen atoms in total. The van der Waals surface area contributed by atoms with E-state index >= 15 is 0 Å². The Hall–Kier alpha value is -1.13. The van der Waals surface area contributed by atoms with E-state index in [1.807, 2.05) is 30.3 Å². The topological polar surface area (TPSA) is 35.4 Å². The highest BCUT2D eigenvalue weighted by Gasteiger charge is 1.89. The van der Waals surface area contributed by atoms with Crippen molar-refractivity contribution >= 4 is 23.4 Å². The van der Waals surface area contributed by atoms with E-state index in [4.69, 9.17) is 4.84 Å². The molecule has 1 radical (unpaired) electrons. The highest BCUT2D eigenvalue weighted by atomic mass is 32.1. The first-order chi connectivity index (χ1) is 5.93. The van der Waals surface area contributed by atoms with Gasteiger partial charge in [-0.05, 0) is 12.1 Å². The maximum atomic E-state index is 4.88. The fourth-order valence-electron chi connectivity index (χ4n) is 0.667. The first-order valence-corrected chi connectivity index (χ1v) is 3.95. The molecule has 1 rings (SSSR count). The molecule has 0 bridgehead atoms. The van der Waals surface area contributed by atoms with Gasteiger partial charge < -0.3 is 5.32 Å². The van der Waals surface area contributed by atoms with Gasteiger partial charge in [-0.3, -0.25) is 0 Å². The molecule has 0 aliphatic rings. The summed E-state index contributed by atoms with van der Waals surface area (Å²) in [5.41, 5.74) is 6.00. The van der Waals surface area contributed by atoms with E-state index in [2.05, 4.69) is 23.0 Å². The average molecular weight is 181 g/mol. The molecule has 63 valence electrons. The van der Waals surface area contributed by atoms with Crippen molar-refractivity contribution < 1.29 is 4.84 Å². The summed E-state index contributed by atoms with van der Waals surface area (Å²) in [5.74, 6) is 0. The van der Waals surface area contributed by atoms with Gasteiger partial charge in [-0.15, -0.1) is 5.48 Å². The number of nitrogens with one attached hydrogen (secondary N) is 1. The third kappa shape index (κ3) is 3.32. The summed E-state index contributed by atoms with van der Waals surface area (Å²) in [6, 6.07) is 9.44. The second kappa shape index (κ2) is 5.51. The summed E-state index contributed by atoms with van der Waals surface area (Å²) in [6.07, 6.45) is 0. The molecule has 1 aromatic rings. The van der Waals surface area contributed by atoms with Gasteiger partial charge in [-0.2, -0.15) is 0 Å². The number of hydrogen-bond acceptors (Lipinski definition) is 2. The Bertz CT molecular complexity index is 228. The predicted molar refractivity (Wildman–Crippen MR) is 51.0 cm³/mol. The SMILES string of the molecule is S=CNCO[N]c1ccccc1. The Morgan fingerprint density at radius 1 is 1.42 bits per heavy atom. The van der Waals surface area contributed by atoms with Gasteiger partial charge >= 0.3 is 0 Å². The molecule has 1 N–H and O–H groups in total. The van der Waals surface area contributed by atoms with Crippen molar-refractivity contribution in [3.63, 3.8) is 0 Å². The summed E-state index contributed by atoms with van der Waals surface area (Å²) in [4.78, 5) is 4.88. The molecular formula is C8H9N2OS. The maximum Gasteiger partial charge on any atom is 0.147 e. The molecule has 0 spiro atoms. The molecule has 0 aromatic heterocycles. The zero-order valence-electron chi connectivity index (χ0n) is 6.43. The summed E-state index contributed by atoms with van der Waals surface area (Å²) in [5, 5.41) is 2.69. The third-order valence-electron chi connectivity index (χ3n) is 1.16. The number of benzene rings is 1. The average Bonchev–Trinajstić information content (AvgIpc) is 2.14. The van der Waals surface area contributed by atoms with Crippen LogP contribution >= 0.6 is 12.2 Å². The smallest absolute Gasteiger partial charge is 0.147 e. The Morgan fingerprint density at radius 3 is 2.83 bits per heavy atom. The second-order valence-corrected chi connectivity index (χ2v) is 2.26. The van der Waals surface area contributed by atoms with Crippen molar-refractivity contribution in [3.05, 3.63) is 30.3 Å². The van der Waals surface area contributed by atoms with Crippen LogP contribution in [0.3, 0.4) is 0 Å². The summed E-state index contributed by atoms with van der Waals surface area (Å²) < 4.78 is 0. The van der Waals surface area contributed by atoms with E-state index < -0.39 is 0 Å². The number of nitrogens with zero attached hydrogens (tertiary/aromatic N) is 1. The van der Waals surface area contributed by atoms with Gasteiger partial charge in [0.15, 0.2) is 0 Å². The lowest BCUT2D eigenvalue weighted by molar-refractivity contribution is 0.0646. The number of hydrogen-bond donors (Lipinski definition) is 1. The van der Waals surface area contributed by atoms with Gasteiger partial charge in [-0.25, -0.2) is 4.84 Å². The van der Waals surface area contributed by atoms with Crippen molar-refractivity contribution in [2.24, 2.45) is 0 Å². The van der Waals surface area contributed by atoms with Crippen LogP contribution in [-0.2, 0) is 4.84 Å². The Morgan fingerprint density at radius 2 is 2.17 bits per heavy atom. The highest BCUT2D eigenvalue weighted by Crippen LogP contribution is 2.03.